The van der Waals surface area contributed by atoms with Crippen LogP contribution in [-0.2, 0) is 9.59 Å². The largest absolute Gasteiger partial charge is 0.481 e. The standard InChI is InChI=1S/C15H19N3O5/c1-8(16-13(20)7-10(4-5-19)14(21)22)9-2-3-11-12(6-9)18-15(23)17-11/h2-3,6,8,10,19H,4-5,7H2,1H3,(H,16,20)(H,21,22)(H2,17,18,23). The van der Waals surface area contributed by atoms with Crippen LogP contribution in [-0.4, -0.2) is 38.7 Å². The Labute approximate surface area is 131 Å². The number of carbonyl (C=O) groups is 2. The summed E-state index contributed by atoms with van der Waals surface area (Å²) in [7, 11) is 0. The number of aliphatic hydroxyl groups is 1. The van der Waals surface area contributed by atoms with Gasteiger partial charge in [0.15, 0.2) is 0 Å². The van der Waals surface area contributed by atoms with Crippen LogP contribution in [0.2, 0.25) is 0 Å². The summed E-state index contributed by atoms with van der Waals surface area (Å²) >= 11 is 0. The Morgan fingerprint density at radius 1 is 1.26 bits per heavy atom. The van der Waals surface area contributed by atoms with Gasteiger partial charge in [-0.05, 0) is 31.0 Å². The highest BCUT2D eigenvalue weighted by Crippen LogP contribution is 2.18. The first-order chi connectivity index (χ1) is 10.9. The minimum absolute atomic E-state index is 0.0354. The van der Waals surface area contributed by atoms with Crippen LogP contribution >= 0.6 is 0 Å². The summed E-state index contributed by atoms with van der Waals surface area (Å²) in [5, 5.41) is 20.6. The van der Waals surface area contributed by atoms with Gasteiger partial charge in [-0.3, -0.25) is 9.59 Å². The van der Waals surface area contributed by atoms with E-state index in [4.69, 9.17) is 10.2 Å². The predicted molar refractivity (Wildman–Crippen MR) is 82.9 cm³/mol. The number of fused-ring (bicyclic) bond motifs is 1. The van der Waals surface area contributed by atoms with Gasteiger partial charge in [0.25, 0.3) is 0 Å². The first kappa shape index (κ1) is 16.8. The summed E-state index contributed by atoms with van der Waals surface area (Å²) in [5.41, 5.74) is 1.79. The molecule has 1 aromatic carbocycles. The fourth-order valence-corrected chi connectivity index (χ4v) is 2.40. The number of imidazole rings is 1. The van der Waals surface area contributed by atoms with E-state index in [1.54, 1.807) is 25.1 Å². The molecule has 124 valence electrons. The van der Waals surface area contributed by atoms with Crippen LogP contribution in [0.1, 0.15) is 31.4 Å². The zero-order chi connectivity index (χ0) is 17.0. The molecule has 0 fully saturated rings. The van der Waals surface area contributed by atoms with Crippen molar-refractivity contribution in [1.82, 2.24) is 15.3 Å². The van der Waals surface area contributed by atoms with Gasteiger partial charge in [-0.2, -0.15) is 0 Å². The van der Waals surface area contributed by atoms with Crippen molar-refractivity contribution in [2.24, 2.45) is 5.92 Å². The lowest BCUT2D eigenvalue weighted by Gasteiger charge is -2.16. The van der Waals surface area contributed by atoms with E-state index >= 15 is 0 Å². The van der Waals surface area contributed by atoms with Gasteiger partial charge in [0.1, 0.15) is 0 Å². The quantitative estimate of drug-likeness (QED) is 0.506. The van der Waals surface area contributed by atoms with Crippen molar-refractivity contribution in [3.63, 3.8) is 0 Å². The van der Waals surface area contributed by atoms with Crippen molar-refractivity contribution < 1.29 is 19.8 Å². The Balaban J connectivity index is 2.04. The molecule has 0 radical (unpaired) electrons. The lowest BCUT2D eigenvalue weighted by molar-refractivity contribution is -0.144. The number of aliphatic hydroxyl groups excluding tert-OH is 1. The average Bonchev–Trinajstić information content (AvgIpc) is 2.85. The van der Waals surface area contributed by atoms with Crippen molar-refractivity contribution in [2.75, 3.05) is 6.61 Å². The molecule has 1 heterocycles. The Hall–Kier alpha value is -2.61. The highest BCUT2D eigenvalue weighted by Gasteiger charge is 2.21. The number of H-pyrrole nitrogens is 2. The molecule has 2 atom stereocenters. The molecule has 0 spiro atoms. The molecule has 0 saturated carbocycles. The predicted octanol–water partition coefficient (Wildman–Crippen LogP) is 0.507. The molecule has 0 aliphatic rings. The summed E-state index contributed by atoms with van der Waals surface area (Å²) in [6.07, 6.45) is -0.156. The van der Waals surface area contributed by atoms with Gasteiger partial charge in [-0.15, -0.1) is 0 Å². The van der Waals surface area contributed by atoms with Crippen LogP contribution in [0.5, 0.6) is 0 Å². The molecule has 0 aliphatic heterocycles. The number of rotatable bonds is 7. The summed E-state index contributed by atoms with van der Waals surface area (Å²) in [5.74, 6) is -2.41. The van der Waals surface area contributed by atoms with Crippen LogP contribution in [0.15, 0.2) is 23.0 Å². The number of carboxylic acid groups (broad SMARTS) is 1. The number of hydrogen-bond acceptors (Lipinski definition) is 4. The highest BCUT2D eigenvalue weighted by atomic mass is 16.4. The maximum Gasteiger partial charge on any atom is 0.323 e. The lowest BCUT2D eigenvalue weighted by Crippen LogP contribution is -2.30. The van der Waals surface area contributed by atoms with Crippen LogP contribution in [0.3, 0.4) is 0 Å². The molecule has 0 aliphatic carbocycles. The second-order valence-corrected chi connectivity index (χ2v) is 5.42. The van der Waals surface area contributed by atoms with Crippen molar-refractivity contribution in [3.05, 3.63) is 34.2 Å². The molecule has 8 nitrogen and oxygen atoms in total. The number of aliphatic carboxylic acids is 1. The van der Waals surface area contributed by atoms with Crippen molar-refractivity contribution >= 4 is 22.9 Å². The molecule has 0 saturated heterocycles. The first-order valence-electron chi connectivity index (χ1n) is 7.25. The molecule has 2 aromatic rings. The normalized spacial score (nSPS) is 13.7. The summed E-state index contributed by atoms with van der Waals surface area (Å²) in [4.78, 5) is 39.5. The number of nitrogens with one attached hydrogen (secondary N) is 3. The van der Waals surface area contributed by atoms with Gasteiger partial charge in [0.2, 0.25) is 5.91 Å². The SMILES string of the molecule is CC(NC(=O)CC(CCO)C(=O)O)c1ccc2[nH]c(=O)[nH]c2c1. The van der Waals surface area contributed by atoms with Gasteiger partial charge in [0, 0.05) is 13.0 Å². The number of carboxylic acids is 1. The third kappa shape index (κ3) is 4.19. The van der Waals surface area contributed by atoms with Gasteiger partial charge in [0.05, 0.1) is 23.0 Å². The molecule has 1 aromatic heterocycles. The number of aromatic amines is 2. The zero-order valence-electron chi connectivity index (χ0n) is 12.6. The minimum atomic E-state index is -1.10. The smallest absolute Gasteiger partial charge is 0.323 e. The topological polar surface area (TPSA) is 135 Å². The number of hydrogen-bond donors (Lipinski definition) is 5. The van der Waals surface area contributed by atoms with E-state index in [0.29, 0.717) is 11.0 Å². The second kappa shape index (κ2) is 7.10. The van der Waals surface area contributed by atoms with Crippen LogP contribution in [0.25, 0.3) is 11.0 Å². The van der Waals surface area contributed by atoms with Gasteiger partial charge < -0.3 is 25.5 Å². The van der Waals surface area contributed by atoms with E-state index in [2.05, 4.69) is 15.3 Å². The lowest BCUT2D eigenvalue weighted by atomic mass is 10.0. The van der Waals surface area contributed by atoms with E-state index in [0.717, 1.165) is 5.56 Å². The van der Waals surface area contributed by atoms with Crippen LogP contribution in [0.4, 0.5) is 0 Å². The second-order valence-electron chi connectivity index (χ2n) is 5.42. The minimum Gasteiger partial charge on any atom is -0.481 e. The Bertz CT molecular complexity index is 764. The Morgan fingerprint density at radius 3 is 2.61 bits per heavy atom. The van der Waals surface area contributed by atoms with E-state index in [1.807, 2.05) is 0 Å². The molecular formula is C15H19N3O5. The molecule has 23 heavy (non-hydrogen) atoms. The molecule has 5 N–H and O–H groups in total. The van der Waals surface area contributed by atoms with Crippen molar-refractivity contribution in [1.29, 1.82) is 0 Å². The fraction of sp³-hybridized carbons (Fsp3) is 0.400. The monoisotopic (exact) mass is 321 g/mol. The molecule has 2 unspecified atom stereocenters. The first-order valence-corrected chi connectivity index (χ1v) is 7.25. The van der Waals surface area contributed by atoms with Gasteiger partial charge in [-0.1, -0.05) is 6.07 Å². The third-order valence-corrected chi connectivity index (χ3v) is 3.68. The third-order valence-electron chi connectivity index (χ3n) is 3.68. The summed E-state index contributed by atoms with van der Waals surface area (Å²) < 4.78 is 0. The molecule has 0 bridgehead atoms. The van der Waals surface area contributed by atoms with E-state index < -0.39 is 17.8 Å². The average molecular weight is 321 g/mol. The maximum absolute atomic E-state index is 12.0. The number of carbonyl (C=O) groups excluding carboxylic acids is 1. The summed E-state index contributed by atoms with van der Waals surface area (Å²) in [6, 6.07) is 4.92. The number of benzene rings is 1. The number of aromatic nitrogens is 2. The summed E-state index contributed by atoms with van der Waals surface area (Å²) in [6.45, 7) is 1.49. The molecular weight excluding hydrogens is 302 g/mol. The van der Waals surface area contributed by atoms with Crippen molar-refractivity contribution in [3.8, 4) is 0 Å². The van der Waals surface area contributed by atoms with E-state index in [-0.39, 0.29) is 31.2 Å². The fourth-order valence-electron chi connectivity index (χ4n) is 2.40. The highest BCUT2D eigenvalue weighted by molar-refractivity contribution is 5.82. The van der Waals surface area contributed by atoms with E-state index in [9.17, 15) is 14.4 Å². The zero-order valence-corrected chi connectivity index (χ0v) is 12.6. The molecule has 1 amide bonds. The Morgan fingerprint density at radius 2 is 1.96 bits per heavy atom. The van der Waals surface area contributed by atoms with Crippen LogP contribution < -0.4 is 11.0 Å². The Kier molecular flexibility index (Phi) is 5.17. The van der Waals surface area contributed by atoms with Crippen molar-refractivity contribution in [2.45, 2.75) is 25.8 Å². The molecule has 2 rings (SSSR count). The van der Waals surface area contributed by atoms with Gasteiger partial charge >= 0.3 is 11.7 Å². The van der Waals surface area contributed by atoms with Crippen LogP contribution in [0, 0.1) is 5.92 Å². The van der Waals surface area contributed by atoms with Gasteiger partial charge in [-0.25, -0.2) is 4.79 Å². The molecule has 8 heteroatoms. The maximum atomic E-state index is 12.0. The number of amides is 1. The van der Waals surface area contributed by atoms with E-state index in [1.165, 1.54) is 0 Å².